The van der Waals surface area contributed by atoms with E-state index in [-0.39, 0.29) is 0 Å². The van der Waals surface area contributed by atoms with E-state index in [4.69, 9.17) is 23.7 Å². The molecule has 0 aromatic rings. The number of hydrogen-bond donors (Lipinski definition) is 10. The van der Waals surface area contributed by atoms with Gasteiger partial charge in [-0.05, 0) is 6.92 Å². The molecule has 0 bridgehead atoms. The molecule has 3 fully saturated rings. The van der Waals surface area contributed by atoms with Crippen LogP contribution in [-0.2, 0) is 23.7 Å². The molecule has 10 N–H and O–H groups in total. The molecule has 3 rings (SSSR count). The zero-order valence-electron chi connectivity index (χ0n) is 17.6. The Kier molecular flexibility index (Phi) is 8.99. The molecule has 0 spiro atoms. The second-order valence-corrected chi connectivity index (χ2v) is 8.32. The van der Waals surface area contributed by atoms with Crippen molar-refractivity contribution in [1.82, 2.24) is 0 Å². The van der Waals surface area contributed by atoms with Gasteiger partial charge in [0.2, 0.25) is 0 Å². The predicted octanol–water partition coefficient (Wildman–Crippen LogP) is -6.55. The van der Waals surface area contributed by atoms with Gasteiger partial charge in [-0.2, -0.15) is 0 Å². The van der Waals surface area contributed by atoms with Gasteiger partial charge in [-0.3, -0.25) is 0 Å². The zero-order valence-corrected chi connectivity index (χ0v) is 17.6. The van der Waals surface area contributed by atoms with E-state index in [0.29, 0.717) is 0 Å². The summed E-state index contributed by atoms with van der Waals surface area (Å²) in [7, 11) is 0. The number of rotatable bonds is 6. The summed E-state index contributed by atoms with van der Waals surface area (Å²) in [6.45, 7) is -0.0778. The first-order chi connectivity index (χ1) is 15.5. The van der Waals surface area contributed by atoms with Gasteiger partial charge in [0.05, 0.1) is 19.3 Å². The Morgan fingerprint density at radius 2 is 0.970 bits per heavy atom. The third kappa shape index (κ3) is 5.32. The fraction of sp³-hybridized carbons (Fsp3) is 1.00. The molecule has 15 heteroatoms. The first-order valence-corrected chi connectivity index (χ1v) is 10.4. The lowest BCUT2D eigenvalue weighted by atomic mass is 9.96. The fourth-order valence-corrected chi connectivity index (χ4v) is 3.97. The molecule has 0 aliphatic carbocycles. The Hall–Kier alpha value is -0.600. The molecule has 33 heavy (non-hydrogen) atoms. The molecule has 0 aromatic carbocycles. The van der Waals surface area contributed by atoms with Crippen molar-refractivity contribution >= 4 is 0 Å². The van der Waals surface area contributed by atoms with E-state index in [2.05, 4.69) is 0 Å². The van der Waals surface area contributed by atoms with Crippen LogP contribution < -0.4 is 0 Å². The van der Waals surface area contributed by atoms with Gasteiger partial charge in [0.15, 0.2) is 18.9 Å². The second-order valence-electron chi connectivity index (χ2n) is 8.32. The summed E-state index contributed by atoms with van der Waals surface area (Å²) in [6, 6.07) is 0. The molecule has 0 aromatic heterocycles. The smallest absolute Gasteiger partial charge is 0.187 e. The van der Waals surface area contributed by atoms with Crippen LogP contribution >= 0.6 is 0 Å². The summed E-state index contributed by atoms with van der Waals surface area (Å²) in [6.07, 6.45) is -24.1. The molecule has 15 nitrogen and oxygen atoms in total. The van der Waals surface area contributed by atoms with Crippen molar-refractivity contribution in [1.29, 1.82) is 0 Å². The van der Waals surface area contributed by atoms with Crippen molar-refractivity contribution in [2.24, 2.45) is 0 Å². The van der Waals surface area contributed by atoms with Gasteiger partial charge in [-0.25, -0.2) is 0 Å². The predicted molar refractivity (Wildman–Crippen MR) is 99.8 cm³/mol. The summed E-state index contributed by atoms with van der Waals surface area (Å²) < 4.78 is 26.8. The summed E-state index contributed by atoms with van der Waals surface area (Å²) in [5.41, 5.74) is 0. The third-order valence-electron chi connectivity index (χ3n) is 6.06. The standard InChI is InChI=1S/C18H32O15/c1-4-7(21)14(32-17-12(26)10(24)8(22)5(2-19)30-17)15(16(28)29-4)33-18-13(27)11(25)9(23)6(3-20)31-18/h4-28H,2-3H2,1H3/t4-,5+,6+,7-,8+,9+,10-,11-,12+,13+,14+,15+,16+,17-,18-/m0/s1. The van der Waals surface area contributed by atoms with E-state index in [1.807, 2.05) is 0 Å². The van der Waals surface area contributed by atoms with Crippen LogP contribution in [-0.4, -0.2) is 156 Å². The van der Waals surface area contributed by atoms with Crippen molar-refractivity contribution in [2.45, 2.75) is 99.0 Å². The van der Waals surface area contributed by atoms with Crippen LogP contribution in [0.1, 0.15) is 6.92 Å². The van der Waals surface area contributed by atoms with E-state index < -0.39 is 105 Å². The molecule has 3 aliphatic rings. The van der Waals surface area contributed by atoms with E-state index >= 15 is 0 Å². The van der Waals surface area contributed by atoms with Crippen molar-refractivity contribution in [3.63, 3.8) is 0 Å². The minimum atomic E-state index is -1.83. The van der Waals surface area contributed by atoms with Gasteiger partial charge in [0.1, 0.15) is 67.1 Å². The first-order valence-electron chi connectivity index (χ1n) is 10.4. The van der Waals surface area contributed by atoms with Gasteiger partial charge in [0.25, 0.3) is 0 Å². The molecule has 3 aliphatic heterocycles. The lowest BCUT2D eigenvalue weighted by Crippen LogP contribution is -2.66. The van der Waals surface area contributed by atoms with E-state index in [1.165, 1.54) is 6.92 Å². The lowest BCUT2D eigenvalue weighted by Gasteiger charge is -2.48. The summed E-state index contributed by atoms with van der Waals surface area (Å²) in [5, 5.41) is 99.9. The topological polar surface area (TPSA) is 248 Å². The summed E-state index contributed by atoms with van der Waals surface area (Å²) in [4.78, 5) is 0. The van der Waals surface area contributed by atoms with Crippen LogP contribution in [0.25, 0.3) is 0 Å². The Balaban J connectivity index is 1.80. The van der Waals surface area contributed by atoms with Gasteiger partial charge in [-0.1, -0.05) is 0 Å². The molecule has 15 atom stereocenters. The van der Waals surface area contributed by atoms with Gasteiger partial charge in [-0.15, -0.1) is 0 Å². The zero-order chi connectivity index (χ0) is 24.6. The monoisotopic (exact) mass is 488 g/mol. The Morgan fingerprint density at radius 3 is 1.39 bits per heavy atom. The molecule has 0 unspecified atom stereocenters. The van der Waals surface area contributed by atoms with Crippen molar-refractivity contribution in [3.8, 4) is 0 Å². The summed E-state index contributed by atoms with van der Waals surface area (Å²) in [5.74, 6) is 0. The average molecular weight is 488 g/mol. The lowest BCUT2D eigenvalue weighted by molar-refractivity contribution is -0.385. The number of hydrogen-bond acceptors (Lipinski definition) is 15. The van der Waals surface area contributed by atoms with Crippen LogP contribution in [0.15, 0.2) is 0 Å². The molecule has 0 amide bonds. The SMILES string of the molecule is C[C@@H]1O[C@@H](O)[C@H](O[C@@H]2O[C@H](CO)[C@@H](O)[C@H](O)[C@H]2O)[C@H](O[C@@H]2O[C@H](CO)[C@@H](O)[C@H](O)[C@H]2O)[C@H]1O. The highest BCUT2D eigenvalue weighted by Crippen LogP contribution is 2.32. The number of ether oxygens (including phenoxy) is 5. The maximum Gasteiger partial charge on any atom is 0.187 e. The van der Waals surface area contributed by atoms with Gasteiger partial charge in [0, 0.05) is 0 Å². The minimum absolute atomic E-state index is 0.731. The number of aliphatic hydroxyl groups excluding tert-OH is 10. The second kappa shape index (κ2) is 11.0. The van der Waals surface area contributed by atoms with Crippen LogP contribution in [0.3, 0.4) is 0 Å². The van der Waals surface area contributed by atoms with Crippen LogP contribution in [0.4, 0.5) is 0 Å². The van der Waals surface area contributed by atoms with Gasteiger partial charge < -0.3 is 74.7 Å². The highest BCUT2D eigenvalue weighted by Gasteiger charge is 2.53. The van der Waals surface area contributed by atoms with Crippen LogP contribution in [0.5, 0.6) is 0 Å². The van der Waals surface area contributed by atoms with Crippen molar-refractivity contribution in [2.75, 3.05) is 13.2 Å². The maximum atomic E-state index is 10.6. The minimum Gasteiger partial charge on any atom is -0.394 e. The van der Waals surface area contributed by atoms with E-state index in [1.54, 1.807) is 0 Å². The highest BCUT2D eigenvalue weighted by atomic mass is 16.8. The summed E-state index contributed by atoms with van der Waals surface area (Å²) >= 11 is 0. The van der Waals surface area contributed by atoms with Gasteiger partial charge >= 0.3 is 0 Å². The maximum absolute atomic E-state index is 10.6. The molecular weight excluding hydrogens is 456 g/mol. The Bertz CT molecular complexity index is 622. The third-order valence-corrected chi connectivity index (χ3v) is 6.06. The van der Waals surface area contributed by atoms with Crippen molar-refractivity contribution < 1.29 is 74.7 Å². The van der Waals surface area contributed by atoms with E-state index in [0.717, 1.165) is 0 Å². The molecular formula is C18H32O15. The van der Waals surface area contributed by atoms with Crippen molar-refractivity contribution in [3.05, 3.63) is 0 Å². The normalized spacial score (nSPS) is 53.7. The Morgan fingerprint density at radius 1 is 0.545 bits per heavy atom. The molecule has 194 valence electrons. The molecule has 3 heterocycles. The Labute approximate surface area is 187 Å². The molecule has 3 saturated heterocycles. The fourth-order valence-electron chi connectivity index (χ4n) is 3.97. The quantitative estimate of drug-likeness (QED) is 0.167. The molecule has 0 radical (unpaired) electrons. The molecule has 0 saturated carbocycles. The largest absolute Gasteiger partial charge is 0.394 e. The van der Waals surface area contributed by atoms with E-state index in [9.17, 15) is 51.1 Å². The first kappa shape index (κ1) is 27.0. The average Bonchev–Trinajstić information content (AvgIpc) is 2.79. The van der Waals surface area contributed by atoms with Crippen LogP contribution in [0, 0.1) is 0 Å². The van der Waals surface area contributed by atoms with Crippen LogP contribution in [0.2, 0.25) is 0 Å². The number of aliphatic hydroxyl groups is 10. The highest BCUT2D eigenvalue weighted by molar-refractivity contribution is 4.95.